The number of hydrogen-bond acceptors (Lipinski definition) is 1. The Morgan fingerprint density at radius 3 is 2.56 bits per heavy atom. The summed E-state index contributed by atoms with van der Waals surface area (Å²) in [6.07, 6.45) is 0. The lowest BCUT2D eigenvalue weighted by Crippen LogP contribution is -2.12. The predicted molar refractivity (Wildman–Crippen MR) is 77.0 cm³/mol. The molecule has 2 N–H and O–H groups in total. The molecule has 1 aliphatic carbocycles. The zero-order valence-corrected chi connectivity index (χ0v) is 11.2. The summed E-state index contributed by atoms with van der Waals surface area (Å²) in [5, 5.41) is 0. The van der Waals surface area contributed by atoms with Crippen LogP contribution in [0.3, 0.4) is 0 Å². The third-order valence-electron chi connectivity index (χ3n) is 4.07. The predicted octanol–water partition coefficient (Wildman–Crippen LogP) is 3.68. The molecule has 0 aliphatic heterocycles. The van der Waals surface area contributed by atoms with Gasteiger partial charge >= 0.3 is 0 Å². The SMILES string of the molecule is Cc1cc(C)c2c(c1)-c1c(C)cccc1C2CN. The standard InChI is InChI=1S/C17H19N/c1-10-7-12(3)17-14(8-10)16-11(2)5-4-6-13(16)15(17)9-18/h4-8,15H,9,18H2,1-3H3. The van der Waals surface area contributed by atoms with Crippen molar-refractivity contribution < 1.29 is 0 Å². The number of fused-ring (bicyclic) bond motifs is 3. The van der Waals surface area contributed by atoms with E-state index in [1.165, 1.54) is 38.9 Å². The Labute approximate surface area is 109 Å². The maximum atomic E-state index is 6.02. The van der Waals surface area contributed by atoms with E-state index in [0.29, 0.717) is 12.5 Å². The molecule has 0 amide bonds. The molecule has 0 heterocycles. The fourth-order valence-corrected chi connectivity index (χ4v) is 3.40. The molecule has 1 aliphatic rings. The summed E-state index contributed by atoms with van der Waals surface area (Å²) in [6, 6.07) is 11.1. The highest BCUT2D eigenvalue weighted by Crippen LogP contribution is 2.47. The monoisotopic (exact) mass is 237 g/mol. The molecule has 0 fully saturated rings. The van der Waals surface area contributed by atoms with Gasteiger partial charge in [0.1, 0.15) is 0 Å². The molecule has 1 atom stereocenters. The van der Waals surface area contributed by atoms with Gasteiger partial charge in [0, 0.05) is 12.5 Å². The van der Waals surface area contributed by atoms with Crippen LogP contribution in [0.2, 0.25) is 0 Å². The second kappa shape index (κ2) is 3.96. The van der Waals surface area contributed by atoms with E-state index in [0.717, 1.165) is 0 Å². The molecule has 0 saturated carbocycles. The van der Waals surface area contributed by atoms with E-state index in [2.05, 4.69) is 51.1 Å². The molecule has 0 bridgehead atoms. The van der Waals surface area contributed by atoms with E-state index in [-0.39, 0.29) is 0 Å². The normalized spacial score (nSPS) is 16.6. The maximum absolute atomic E-state index is 6.02. The van der Waals surface area contributed by atoms with Crippen molar-refractivity contribution in [1.82, 2.24) is 0 Å². The average molecular weight is 237 g/mol. The fourth-order valence-electron chi connectivity index (χ4n) is 3.40. The third kappa shape index (κ3) is 1.44. The smallest absolute Gasteiger partial charge is 0.0227 e. The van der Waals surface area contributed by atoms with Gasteiger partial charge in [-0.2, -0.15) is 0 Å². The lowest BCUT2D eigenvalue weighted by Gasteiger charge is -2.13. The van der Waals surface area contributed by atoms with Crippen molar-refractivity contribution >= 4 is 0 Å². The Bertz CT molecular complexity index is 626. The van der Waals surface area contributed by atoms with Crippen molar-refractivity contribution in [3.8, 4) is 11.1 Å². The van der Waals surface area contributed by atoms with Gasteiger partial charge < -0.3 is 5.73 Å². The first-order valence-corrected chi connectivity index (χ1v) is 6.54. The molecule has 1 nitrogen and oxygen atoms in total. The summed E-state index contributed by atoms with van der Waals surface area (Å²) in [4.78, 5) is 0. The van der Waals surface area contributed by atoms with Crippen LogP contribution in [0.1, 0.15) is 33.7 Å². The van der Waals surface area contributed by atoms with Crippen LogP contribution < -0.4 is 5.73 Å². The fraction of sp³-hybridized carbons (Fsp3) is 0.294. The summed E-state index contributed by atoms with van der Waals surface area (Å²) in [5.41, 5.74) is 15.7. The highest BCUT2D eigenvalue weighted by atomic mass is 14.6. The van der Waals surface area contributed by atoms with Crippen molar-refractivity contribution in [2.24, 2.45) is 5.73 Å². The lowest BCUT2D eigenvalue weighted by molar-refractivity contribution is 0.833. The molecule has 3 rings (SSSR count). The highest BCUT2D eigenvalue weighted by molar-refractivity contribution is 5.83. The number of hydrogen-bond donors (Lipinski definition) is 1. The minimum Gasteiger partial charge on any atom is -0.330 e. The Balaban J connectivity index is 2.39. The molecule has 2 aromatic rings. The van der Waals surface area contributed by atoms with E-state index in [1.54, 1.807) is 0 Å². The van der Waals surface area contributed by atoms with E-state index in [9.17, 15) is 0 Å². The van der Waals surface area contributed by atoms with Gasteiger partial charge in [-0.3, -0.25) is 0 Å². The number of benzene rings is 2. The van der Waals surface area contributed by atoms with Crippen LogP contribution in [-0.2, 0) is 0 Å². The zero-order valence-electron chi connectivity index (χ0n) is 11.2. The number of aryl methyl sites for hydroxylation is 3. The van der Waals surface area contributed by atoms with Crippen LogP contribution in [0.4, 0.5) is 0 Å². The van der Waals surface area contributed by atoms with Gasteiger partial charge in [-0.15, -0.1) is 0 Å². The van der Waals surface area contributed by atoms with Crippen molar-refractivity contribution in [2.75, 3.05) is 6.54 Å². The summed E-state index contributed by atoms with van der Waals surface area (Å²) in [6.45, 7) is 7.25. The molecule has 0 aromatic heterocycles. The van der Waals surface area contributed by atoms with Crippen LogP contribution in [0.5, 0.6) is 0 Å². The molecule has 1 heteroatoms. The van der Waals surface area contributed by atoms with E-state index >= 15 is 0 Å². The van der Waals surface area contributed by atoms with Gasteiger partial charge in [-0.1, -0.05) is 35.9 Å². The Hall–Kier alpha value is -1.60. The van der Waals surface area contributed by atoms with Gasteiger partial charge in [0.05, 0.1) is 0 Å². The van der Waals surface area contributed by atoms with Gasteiger partial charge in [0.2, 0.25) is 0 Å². The zero-order chi connectivity index (χ0) is 12.9. The Kier molecular flexibility index (Phi) is 2.53. The van der Waals surface area contributed by atoms with Crippen molar-refractivity contribution in [3.05, 3.63) is 58.1 Å². The summed E-state index contributed by atoms with van der Waals surface area (Å²) >= 11 is 0. The second-order valence-electron chi connectivity index (χ2n) is 5.37. The highest BCUT2D eigenvalue weighted by Gasteiger charge is 2.30. The van der Waals surface area contributed by atoms with E-state index in [4.69, 9.17) is 5.73 Å². The van der Waals surface area contributed by atoms with Gasteiger partial charge in [0.15, 0.2) is 0 Å². The maximum Gasteiger partial charge on any atom is 0.0227 e. The van der Waals surface area contributed by atoms with Crippen LogP contribution in [0, 0.1) is 20.8 Å². The molecule has 0 spiro atoms. The largest absolute Gasteiger partial charge is 0.330 e. The van der Waals surface area contributed by atoms with Gasteiger partial charge in [-0.25, -0.2) is 0 Å². The van der Waals surface area contributed by atoms with E-state index < -0.39 is 0 Å². The Morgan fingerprint density at radius 2 is 1.83 bits per heavy atom. The molecular formula is C17H19N. The molecule has 1 unspecified atom stereocenters. The first-order chi connectivity index (χ1) is 8.63. The van der Waals surface area contributed by atoms with Crippen molar-refractivity contribution in [2.45, 2.75) is 26.7 Å². The third-order valence-corrected chi connectivity index (χ3v) is 4.07. The summed E-state index contributed by atoms with van der Waals surface area (Å²) in [7, 11) is 0. The lowest BCUT2D eigenvalue weighted by atomic mass is 9.92. The number of rotatable bonds is 1. The van der Waals surface area contributed by atoms with Crippen molar-refractivity contribution in [3.63, 3.8) is 0 Å². The van der Waals surface area contributed by atoms with E-state index in [1.807, 2.05) is 0 Å². The summed E-state index contributed by atoms with van der Waals surface area (Å²) < 4.78 is 0. The second-order valence-corrected chi connectivity index (χ2v) is 5.37. The minimum absolute atomic E-state index is 0.371. The van der Waals surface area contributed by atoms with Crippen LogP contribution in [0.25, 0.3) is 11.1 Å². The first-order valence-electron chi connectivity index (χ1n) is 6.54. The van der Waals surface area contributed by atoms with Crippen molar-refractivity contribution in [1.29, 1.82) is 0 Å². The minimum atomic E-state index is 0.371. The van der Waals surface area contributed by atoms with Gasteiger partial charge in [0.25, 0.3) is 0 Å². The Morgan fingerprint density at radius 1 is 1.06 bits per heavy atom. The van der Waals surface area contributed by atoms with Crippen LogP contribution in [-0.4, -0.2) is 6.54 Å². The quantitative estimate of drug-likeness (QED) is 0.804. The molecule has 2 aromatic carbocycles. The average Bonchev–Trinajstić information content (AvgIpc) is 2.64. The van der Waals surface area contributed by atoms with Crippen LogP contribution in [0.15, 0.2) is 30.3 Å². The molecule has 18 heavy (non-hydrogen) atoms. The molecule has 0 radical (unpaired) electrons. The first kappa shape index (κ1) is 11.5. The molecular weight excluding hydrogens is 218 g/mol. The van der Waals surface area contributed by atoms with Crippen LogP contribution >= 0.6 is 0 Å². The van der Waals surface area contributed by atoms with Gasteiger partial charge in [-0.05, 0) is 54.2 Å². The molecule has 0 saturated heterocycles. The topological polar surface area (TPSA) is 26.0 Å². The number of nitrogens with two attached hydrogens (primary N) is 1. The molecule has 92 valence electrons. The summed E-state index contributed by atoms with van der Waals surface area (Å²) in [5.74, 6) is 0.371.